The maximum absolute atomic E-state index is 14.2. The summed E-state index contributed by atoms with van der Waals surface area (Å²) in [4.78, 5) is 17.4. The normalized spacial score (nSPS) is 19.0. The molecule has 0 amide bonds. The van der Waals surface area contributed by atoms with Crippen LogP contribution in [0.5, 0.6) is 0 Å². The quantitative estimate of drug-likeness (QED) is 0.497. The lowest BCUT2D eigenvalue weighted by atomic mass is 9.87. The zero-order valence-corrected chi connectivity index (χ0v) is 18.7. The van der Waals surface area contributed by atoms with Crippen LogP contribution in [0.4, 0.5) is 4.39 Å². The molecular formula is C23H18BrFN2O3S. The minimum Gasteiger partial charge on any atom is -0.294 e. The van der Waals surface area contributed by atoms with Crippen molar-refractivity contribution in [3.63, 3.8) is 0 Å². The summed E-state index contributed by atoms with van der Waals surface area (Å²) in [5, 5.41) is 0. The molecule has 5 nitrogen and oxygen atoms in total. The molecule has 1 aliphatic rings. The van der Waals surface area contributed by atoms with Gasteiger partial charge in [-0.15, -0.1) is 0 Å². The van der Waals surface area contributed by atoms with Crippen molar-refractivity contribution in [1.29, 1.82) is 0 Å². The first-order chi connectivity index (χ1) is 14.9. The fourth-order valence-electron chi connectivity index (χ4n) is 3.52. The Balaban J connectivity index is 1.78. The van der Waals surface area contributed by atoms with Crippen LogP contribution in [0, 0.1) is 5.82 Å². The molecule has 31 heavy (non-hydrogen) atoms. The number of hydrogen-bond donors (Lipinski definition) is 0. The smallest absolute Gasteiger partial charge is 0.243 e. The van der Waals surface area contributed by atoms with Gasteiger partial charge >= 0.3 is 0 Å². The Morgan fingerprint density at radius 3 is 2.48 bits per heavy atom. The van der Waals surface area contributed by atoms with Crippen molar-refractivity contribution in [2.24, 2.45) is 0 Å². The molecule has 1 fully saturated rings. The van der Waals surface area contributed by atoms with Crippen molar-refractivity contribution < 1.29 is 17.6 Å². The number of hydrogen-bond acceptors (Lipinski definition) is 4. The molecule has 8 heteroatoms. The Kier molecular flexibility index (Phi) is 6.13. The van der Waals surface area contributed by atoms with Crippen molar-refractivity contribution in [3.8, 4) is 0 Å². The van der Waals surface area contributed by atoms with Gasteiger partial charge in [0.2, 0.25) is 10.0 Å². The van der Waals surface area contributed by atoms with Crippen LogP contribution >= 0.6 is 15.9 Å². The van der Waals surface area contributed by atoms with Gasteiger partial charge in [-0.1, -0.05) is 40.2 Å². The zero-order chi connectivity index (χ0) is 22.0. The highest BCUT2D eigenvalue weighted by molar-refractivity contribution is 9.10. The molecule has 3 aromatic rings. The number of rotatable bonds is 4. The Bertz CT molecular complexity index is 1250. The average Bonchev–Trinajstić information content (AvgIpc) is 2.77. The molecule has 1 aromatic heterocycles. The number of aromatic nitrogens is 1. The van der Waals surface area contributed by atoms with E-state index in [4.69, 9.17) is 0 Å². The lowest BCUT2D eigenvalue weighted by Crippen LogP contribution is -2.44. The Morgan fingerprint density at radius 2 is 1.81 bits per heavy atom. The molecule has 0 aliphatic carbocycles. The number of benzene rings is 2. The van der Waals surface area contributed by atoms with E-state index in [0.29, 0.717) is 5.56 Å². The molecular weight excluding hydrogens is 483 g/mol. The first-order valence-electron chi connectivity index (χ1n) is 9.51. The largest absolute Gasteiger partial charge is 0.294 e. The van der Waals surface area contributed by atoms with Crippen molar-refractivity contribution in [2.75, 3.05) is 13.1 Å². The molecule has 0 bridgehead atoms. The number of Topliss-reactive ketones (excluding diaryl/α,β-unsaturated/α-hetero) is 1. The summed E-state index contributed by atoms with van der Waals surface area (Å²) < 4.78 is 42.9. The van der Waals surface area contributed by atoms with Gasteiger partial charge in [-0.25, -0.2) is 12.8 Å². The summed E-state index contributed by atoms with van der Waals surface area (Å²) in [6.07, 6.45) is 4.58. The lowest BCUT2D eigenvalue weighted by Gasteiger charge is -2.32. The summed E-state index contributed by atoms with van der Waals surface area (Å²) in [5.41, 5.74) is 1.08. The molecule has 1 saturated heterocycles. The van der Waals surface area contributed by atoms with Crippen LogP contribution in [0.3, 0.4) is 0 Å². The van der Waals surface area contributed by atoms with Crippen molar-refractivity contribution in [1.82, 2.24) is 9.29 Å². The topological polar surface area (TPSA) is 67.3 Å². The number of sulfonamides is 1. The first kappa shape index (κ1) is 21.5. The lowest BCUT2D eigenvalue weighted by molar-refractivity contribution is -0.118. The van der Waals surface area contributed by atoms with E-state index >= 15 is 0 Å². The van der Waals surface area contributed by atoms with Crippen LogP contribution < -0.4 is 0 Å². The summed E-state index contributed by atoms with van der Waals surface area (Å²) >= 11 is 3.30. The van der Waals surface area contributed by atoms with E-state index in [-0.39, 0.29) is 34.9 Å². The van der Waals surface area contributed by atoms with Gasteiger partial charge in [0.15, 0.2) is 5.78 Å². The van der Waals surface area contributed by atoms with Gasteiger partial charge in [0.25, 0.3) is 0 Å². The minimum atomic E-state index is -3.87. The fraction of sp³-hybridized carbons (Fsp3) is 0.130. The summed E-state index contributed by atoms with van der Waals surface area (Å²) in [7, 11) is -3.87. The highest BCUT2D eigenvalue weighted by atomic mass is 79.9. The highest BCUT2D eigenvalue weighted by Crippen LogP contribution is 2.31. The van der Waals surface area contributed by atoms with Gasteiger partial charge in [-0.05, 0) is 48.0 Å². The molecule has 158 valence electrons. The molecule has 2 aromatic carbocycles. The van der Waals surface area contributed by atoms with Gasteiger partial charge in [-0.2, -0.15) is 4.31 Å². The predicted octanol–water partition coefficient (Wildman–Crippen LogP) is 4.42. The predicted molar refractivity (Wildman–Crippen MR) is 119 cm³/mol. The van der Waals surface area contributed by atoms with E-state index in [1.165, 1.54) is 28.6 Å². The number of piperidine rings is 1. The van der Waals surface area contributed by atoms with Crippen LogP contribution in [0.1, 0.15) is 17.0 Å². The molecule has 0 saturated carbocycles. The van der Waals surface area contributed by atoms with Crippen molar-refractivity contribution in [2.45, 2.75) is 10.8 Å². The summed E-state index contributed by atoms with van der Waals surface area (Å²) in [6, 6.07) is 15.8. The second-order valence-corrected chi connectivity index (χ2v) is 10.00. The van der Waals surface area contributed by atoms with E-state index in [1.807, 2.05) is 0 Å². The Labute approximate surface area is 188 Å². The van der Waals surface area contributed by atoms with E-state index in [9.17, 15) is 17.6 Å². The van der Waals surface area contributed by atoms with Crippen LogP contribution in [0.15, 0.2) is 88.0 Å². The van der Waals surface area contributed by atoms with Gasteiger partial charge in [0, 0.05) is 41.1 Å². The minimum absolute atomic E-state index is 0.0163. The standard InChI is InChI=1S/C23H18BrFN2O3S/c24-19-7-9-20(10-8-19)31(29,30)27-14-18(12-16-4-1-2-6-22(16)25)23(28)21(15-27)17-5-3-11-26-13-17/h1-13,21H,14-15H2. The molecule has 0 radical (unpaired) electrons. The van der Waals surface area contributed by atoms with Crippen LogP contribution in [0.25, 0.3) is 6.08 Å². The fourth-order valence-corrected chi connectivity index (χ4v) is 5.21. The van der Waals surface area contributed by atoms with E-state index in [1.54, 1.807) is 54.9 Å². The molecule has 2 heterocycles. The maximum Gasteiger partial charge on any atom is 0.243 e. The monoisotopic (exact) mass is 500 g/mol. The number of carbonyl (C=O) groups is 1. The van der Waals surface area contributed by atoms with E-state index in [0.717, 1.165) is 4.47 Å². The van der Waals surface area contributed by atoms with Gasteiger partial charge < -0.3 is 0 Å². The molecule has 0 spiro atoms. The highest BCUT2D eigenvalue weighted by Gasteiger charge is 2.38. The number of ketones is 1. The Hall–Kier alpha value is -2.68. The number of pyridine rings is 1. The van der Waals surface area contributed by atoms with E-state index in [2.05, 4.69) is 20.9 Å². The maximum atomic E-state index is 14.2. The van der Waals surface area contributed by atoms with Crippen LogP contribution in [-0.2, 0) is 14.8 Å². The van der Waals surface area contributed by atoms with Gasteiger partial charge in [0.1, 0.15) is 5.82 Å². The second-order valence-electron chi connectivity index (χ2n) is 7.15. The Morgan fingerprint density at radius 1 is 1.06 bits per heavy atom. The number of carbonyl (C=O) groups excluding carboxylic acids is 1. The van der Waals surface area contributed by atoms with E-state index < -0.39 is 21.8 Å². The molecule has 1 unspecified atom stereocenters. The summed E-state index contributed by atoms with van der Waals surface area (Å²) in [6.45, 7) is -0.153. The number of nitrogens with zero attached hydrogens (tertiary/aromatic N) is 2. The van der Waals surface area contributed by atoms with Crippen molar-refractivity contribution >= 4 is 37.8 Å². The third kappa shape index (κ3) is 4.51. The molecule has 1 aliphatic heterocycles. The SMILES string of the molecule is O=C1C(=Cc2ccccc2F)CN(S(=O)(=O)c2ccc(Br)cc2)CC1c1cccnc1. The average molecular weight is 501 g/mol. The zero-order valence-electron chi connectivity index (χ0n) is 16.3. The summed E-state index contributed by atoms with van der Waals surface area (Å²) in [5.74, 6) is -1.45. The van der Waals surface area contributed by atoms with Crippen molar-refractivity contribution in [3.05, 3.63) is 100 Å². The third-order valence-corrected chi connectivity index (χ3v) is 7.49. The molecule has 1 atom stereocenters. The van der Waals surface area contributed by atoms with Crippen LogP contribution in [-0.4, -0.2) is 36.6 Å². The van der Waals surface area contributed by atoms with Gasteiger partial charge in [-0.3, -0.25) is 9.78 Å². The third-order valence-electron chi connectivity index (χ3n) is 5.14. The molecule has 0 N–H and O–H groups in total. The second kappa shape index (κ2) is 8.82. The van der Waals surface area contributed by atoms with Gasteiger partial charge in [0.05, 0.1) is 10.8 Å². The van der Waals surface area contributed by atoms with Crippen LogP contribution in [0.2, 0.25) is 0 Å². The number of halogens is 2. The first-order valence-corrected chi connectivity index (χ1v) is 11.7. The molecule has 4 rings (SSSR count).